The second kappa shape index (κ2) is 10.4. The fraction of sp³-hybridized carbons (Fsp3) is 0.440. The zero-order valence-electron chi connectivity index (χ0n) is 20.1. The van der Waals surface area contributed by atoms with Crippen LogP contribution >= 0.6 is 0 Å². The topological polar surface area (TPSA) is 74.5 Å². The van der Waals surface area contributed by atoms with Gasteiger partial charge in [0, 0.05) is 17.5 Å². The number of rotatable bonds is 5. The van der Waals surface area contributed by atoms with Crippen molar-refractivity contribution in [3.05, 3.63) is 59.5 Å². The molecular formula is C25H28F2N5Na. The van der Waals surface area contributed by atoms with E-state index in [1.807, 2.05) is 19.9 Å². The monoisotopic (exact) mass is 459 g/mol. The smallest absolute Gasteiger partial charge is 0.369 e. The number of alkyl halides is 2. The average molecular weight is 460 g/mol. The number of halogens is 2. The molecule has 0 saturated heterocycles. The Morgan fingerprint density at radius 1 is 1.15 bits per heavy atom. The Hall–Kier alpha value is -2.14. The minimum Gasteiger partial charge on any atom is -0.369 e. The first-order valence-corrected chi connectivity index (χ1v) is 10.8. The standard InChI is InChI=1S/C23H22F2N5.C2H6.Na/c1-21(2,3)23(24,25)16-6-4-5-15(9-16)11-27-19-18-10-17(22(13-26)7-8-22)12-28-20(18)30-14-29-19;1-2;/h4-6,9-10,14H,7-8,11H2,1-3H3,(H,27,28,29,30);1-2H3;/q-1;;+1. The van der Waals surface area contributed by atoms with Crippen molar-refractivity contribution in [1.82, 2.24) is 15.0 Å². The van der Waals surface area contributed by atoms with E-state index in [0.29, 0.717) is 23.4 Å². The predicted molar refractivity (Wildman–Crippen MR) is 121 cm³/mol. The van der Waals surface area contributed by atoms with Crippen LogP contribution in [0, 0.1) is 22.9 Å². The van der Waals surface area contributed by atoms with Gasteiger partial charge in [0.1, 0.15) is 12.1 Å². The van der Waals surface area contributed by atoms with Gasteiger partial charge < -0.3 is 10.3 Å². The fourth-order valence-electron chi connectivity index (χ4n) is 3.35. The maximum atomic E-state index is 14.7. The molecule has 4 rings (SSSR count). The van der Waals surface area contributed by atoms with Gasteiger partial charge in [-0.1, -0.05) is 59.0 Å². The average Bonchev–Trinajstić information content (AvgIpc) is 3.59. The largest absolute Gasteiger partial charge is 1.00 e. The number of benzene rings is 1. The number of hydrogen-bond acceptors (Lipinski definition) is 5. The van der Waals surface area contributed by atoms with E-state index in [4.69, 9.17) is 0 Å². The fourth-order valence-corrected chi connectivity index (χ4v) is 3.35. The predicted octanol–water partition coefficient (Wildman–Crippen LogP) is 3.16. The van der Waals surface area contributed by atoms with E-state index in [1.165, 1.54) is 39.2 Å². The normalized spacial score (nSPS) is 14.4. The molecule has 0 unspecified atom stereocenters. The van der Waals surface area contributed by atoms with Gasteiger partial charge in [0.05, 0.1) is 17.1 Å². The first-order chi connectivity index (χ1) is 15.2. The van der Waals surface area contributed by atoms with Gasteiger partial charge in [-0.15, -0.1) is 5.56 Å². The number of anilines is 1. The quantitative estimate of drug-likeness (QED) is 0.469. The number of pyridine rings is 1. The summed E-state index contributed by atoms with van der Waals surface area (Å²) >= 11 is 0. The number of aromatic nitrogens is 3. The zero-order valence-corrected chi connectivity index (χ0v) is 22.1. The molecule has 1 aliphatic carbocycles. The van der Waals surface area contributed by atoms with Crippen molar-refractivity contribution < 1.29 is 38.3 Å². The molecule has 0 spiro atoms. The van der Waals surface area contributed by atoms with Crippen molar-refractivity contribution >= 4 is 16.9 Å². The van der Waals surface area contributed by atoms with Crippen molar-refractivity contribution in [2.75, 3.05) is 5.32 Å². The molecule has 0 aliphatic heterocycles. The molecule has 33 heavy (non-hydrogen) atoms. The molecule has 0 amide bonds. The Balaban J connectivity index is 0.00000125. The van der Waals surface area contributed by atoms with Crippen molar-refractivity contribution in [3.8, 4) is 6.07 Å². The van der Waals surface area contributed by atoms with Gasteiger partial charge in [0.25, 0.3) is 5.92 Å². The number of nitriles is 1. The molecular weight excluding hydrogens is 431 g/mol. The molecule has 0 bridgehead atoms. The SMILES string of the molecule is CC.CC(C)(C)C(F)(F)c1cccc(CNc2ncnc3n[c-]c(C4(C#N)CC4)cc23)c1.[Na+]. The number of hydrogen-bond donors (Lipinski definition) is 1. The van der Waals surface area contributed by atoms with Crippen molar-refractivity contribution in [1.29, 1.82) is 5.26 Å². The first-order valence-electron chi connectivity index (χ1n) is 10.8. The van der Waals surface area contributed by atoms with Gasteiger partial charge in [0.2, 0.25) is 0 Å². The summed E-state index contributed by atoms with van der Waals surface area (Å²) in [6.07, 6.45) is 5.91. The van der Waals surface area contributed by atoms with Crippen molar-refractivity contribution in [2.45, 2.75) is 65.3 Å². The summed E-state index contributed by atoms with van der Waals surface area (Å²) in [5.74, 6) is -2.40. The number of nitrogens with zero attached hydrogens (tertiary/aromatic N) is 4. The van der Waals surface area contributed by atoms with Crippen LogP contribution in [-0.4, -0.2) is 15.0 Å². The summed E-state index contributed by atoms with van der Waals surface area (Å²) in [7, 11) is 0. The van der Waals surface area contributed by atoms with E-state index in [1.54, 1.807) is 12.1 Å². The summed E-state index contributed by atoms with van der Waals surface area (Å²) in [5, 5.41) is 13.3. The van der Waals surface area contributed by atoms with Crippen LogP contribution in [0.1, 0.15) is 64.2 Å². The van der Waals surface area contributed by atoms with Crippen LogP contribution in [0.25, 0.3) is 11.0 Å². The molecule has 1 aromatic carbocycles. The molecule has 2 heterocycles. The van der Waals surface area contributed by atoms with Crippen molar-refractivity contribution in [2.24, 2.45) is 5.41 Å². The maximum Gasteiger partial charge on any atom is 1.00 e. The van der Waals surface area contributed by atoms with E-state index in [9.17, 15) is 14.0 Å². The Morgan fingerprint density at radius 3 is 2.45 bits per heavy atom. The summed E-state index contributed by atoms with van der Waals surface area (Å²) in [6.45, 7) is 8.90. The third kappa shape index (κ3) is 5.51. The molecule has 1 saturated carbocycles. The van der Waals surface area contributed by atoms with Crippen LogP contribution in [0.5, 0.6) is 0 Å². The van der Waals surface area contributed by atoms with Crippen LogP contribution in [0.4, 0.5) is 14.6 Å². The van der Waals surface area contributed by atoms with Crippen LogP contribution in [0.15, 0.2) is 36.7 Å². The van der Waals surface area contributed by atoms with E-state index >= 15 is 0 Å². The Bertz CT molecular complexity index is 1150. The van der Waals surface area contributed by atoms with E-state index < -0.39 is 16.8 Å². The van der Waals surface area contributed by atoms with Crippen LogP contribution < -0.4 is 34.9 Å². The molecule has 1 aliphatic rings. The van der Waals surface area contributed by atoms with Gasteiger partial charge in [-0.05, 0) is 29.9 Å². The summed E-state index contributed by atoms with van der Waals surface area (Å²) in [4.78, 5) is 12.7. The Kier molecular flexibility index (Phi) is 8.56. The molecule has 2 aromatic heterocycles. The zero-order chi connectivity index (χ0) is 23.6. The summed E-state index contributed by atoms with van der Waals surface area (Å²) in [5.41, 5.74) is 0.223. The Morgan fingerprint density at radius 2 is 1.85 bits per heavy atom. The second-order valence-electron chi connectivity index (χ2n) is 8.81. The number of fused-ring (bicyclic) bond motifs is 1. The molecule has 5 nitrogen and oxygen atoms in total. The second-order valence-corrected chi connectivity index (χ2v) is 8.81. The van der Waals surface area contributed by atoms with Gasteiger partial charge in [-0.3, -0.25) is 4.98 Å². The molecule has 168 valence electrons. The molecule has 3 aromatic rings. The van der Waals surface area contributed by atoms with Gasteiger partial charge >= 0.3 is 29.6 Å². The van der Waals surface area contributed by atoms with E-state index in [0.717, 1.165) is 24.0 Å². The molecule has 0 radical (unpaired) electrons. The van der Waals surface area contributed by atoms with Gasteiger partial charge in [-0.25, -0.2) is 13.8 Å². The summed E-state index contributed by atoms with van der Waals surface area (Å²) in [6, 6.07) is 10.6. The minimum atomic E-state index is -2.95. The minimum absolute atomic E-state index is 0. The van der Waals surface area contributed by atoms with Gasteiger partial charge in [-0.2, -0.15) is 11.3 Å². The summed E-state index contributed by atoms with van der Waals surface area (Å²) < 4.78 is 29.5. The van der Waals surface area contributed by atoms with Crippen LogP contribution in [0.2, 0.25) is 0 Å². The first kappa shape index (κ1) is 27.1. The van der Waals surface area contributed by atoms with E-state index in [-0.39, 0.29) is 35.1 Å². The third-order valence-electron chi connectivity index (χ3n) is 5.60. The Labute approximate surface area is 216 Å². The van der Waals surface area contributed by atoms with E-state index in [2.05, 4.69) is 32.5 Å². The molecule has 8 heteroatoms. The molecule has 1 N–H and O–H groups in total. The van der Waals surface area contributed by atoms with Crippen LogP contribution in [-0.2, 0) is 17.9 Å². The van der Waals surface area contributed by atoms with Crippen molar-refractivity contribution in [3.63, 3.8) is 0 Å². The molecule has 0 atom stereocenters. The van der Waals surface area contributed by atoms with Gasteiger partial charge in [0.15, 0.2) is 0 Å². The number of nitrogens with one attached hydrogen (secondary N) is 1. The third-order valence-corrected chi connectivity index (χ3v) is 5.60. The molecule has 1 fully saturated rings. The maximum absolute atomic E-state index is 14.7. The van der Waals surface area contributed by atoms with Crippen LogP contribution in [0.3, 0.4) is 0 Å².